The summed E-state index contributed by atoms with van der Waals surface area (Å²) in [5.74, 6) is 0.380. The van der Waals surface area contributed by atoms with Gasteiger partial charge in [-0.1, -0.05) is 108 Å². The zero-order valence-electron chi connectivity index (χ0n) is 28.3. The van der Waals surface area contributed by atoms with Crippen LogP contribution in [-0.4, -0.2) is 11.6 Å². The van der Waals surface area contributed by atoms with Crippen molar-refractivity contribution in [3.63, 3.8) is 0 Å². The van der Waals surface area contributed by atoms with Gasteiger partial charge in [0.1, 0.15) is 0 Å². The van der Waals surface area contributed by atoms with Crippen LogP contribution < -0.4 is 4.90 Å². The first-order valence-electron chi connectivity index (χ1n) is 16.7. The highest BCUT2D eigenvalue weighted by molar-refractivity contribution is 6.41. The number of Topliss-reactive ketones (excluding diaryl/α,β-unsaturated/α-hetero) is 2. The molecule has 0 saturated carbocycles. The first-order chi connectivity index (χ1) is 22.5. The third-order valence-corrected chi connectivity index (χ3v) is 9.99. The first kappa shape index (κ1) is 30.6. The average molecular weight is 616 g/mol. The van der Waals surface area contributed by atoms with Gasteiger partial charge in [-0.2, -0.15) is 0 Å². The van der Waals surface area contributed by atoms with Crippen LogP contribution in [0.3, 0.4) is 0 Å². The molecule has 2 aliphatic rings. The second-order valence-electron chi connectivity index (χ2n) is 14.2. The van der Waals surface area contributed by atoms with Crippen molar-refractivity contribution in [2.24, 2.45) is 0 Å². The standard InChI is InChI=1S/C44H41NO2/c1-26(2)32-14-11-15-33(27(3)4)41(32)30-18-21-40-38(25-30)44(6,7)37-24-29(17-20-39(37)45(40)31-12-9-8-10-13-31)23-36-42(46)34-19-16-28(5)22-35(34)43(36)47/h8-27H,1-7H3/b36-23-. The fraction of sp³-hybridized carbons (Fsp3) is 0.227. The molecule has 0 spiro atoms. The van der Waals surface area contributed by atoms with Crippen LogP contribution in [0.5, 0.6) is 0 Å². The van der Waals surface area contributed by atoms with E-state index >= 15 is 0 Å². The molecule has 0 aromatic heterocycles. The molecule has 1 aliphatic carbocycles. The highest BCUT2D eigenvalue weighted by atomic mass is 16.2. The fourth-order valence-corrected chi connectivity index (χ4v) is 7.48. The number of para-hydroxylation sites is 1. The second-order valence-corrected chi connectivity index (χ2v) is 14.2. The minimum atomic E-state index is -0.366. The van der Waals surface area contributed by atoms with Gasteiger partial charge >= 0.3 is 0 Å². The Kier molecular flexibility index (Phi) is 7.39. The predicted octanol–water partition coefficient (Wildman–Crippen LogP) is 11.5. The van der Waals surface area contributed by atoms with Gasteiger partial charge < -0.3 is 4.90 Å². The van der Waals surface area contributed by atoms with E-state index < -0.39 is 0 Å². The first-order valence-corrected chi connectivity index (χ1v) is 16.7. The summed E-state index contributed by atoms with van der Waals surface area (Å²) in [4.78, 5) is 29.1. The normalized spacial score (nSPS) is 15.8. The number of aryl methyl sites for hydroxylation is 1. The quantitative estimate of drug-likeness (QED) is 0.146. The number of rotatable bonds is 5. The Morgan fingerprint density at radius 1 is 0.638 bits per heavy atom. The molecule has 3 heteroatoms. The minimum Gasteiger partial charge on any atom is -0.310 e. The van der Waals surface area contributed by atoms with Gasteiger partial charge in [0.05, 0.1) is 16.9 Å². The lowest BCUT2D eigenvalue weighted by Crippen LogP contribution is -2.30. The number of carbonyl (C=O) groups is 2. The SMILES string of the molecule is Cc1ccc2c(c1)C(=O)/C(=C\c1ccc3c(c1)C(C)(C)c1cc(-c4c(C(C)C)cccc4C(C)C)ccc1N3c1ccccc1)C2=O. The number of hydrogen-bond donors (Lipinski definition) is 0. The average Bonchev–Trinajstić information content (AvgIpc) is 3.29. The summed E-state index contributed by atoms with van der Waals surface area (Å²) < 4.78 is 0. The predicted molar refractivity (Wildman–Crippen MR) is 195 cm³/mol. The number of nitrogens with zero attached hydrogens (tertiary/aromatic N) is 1. The Hall–Kier alpha value is -5.02. The van der Waals surface area contributed by atoms with E-state index in [-0.39, 0.29) is 22.6 Å². The molecule has 47 heavy (non-hydrogen) atoms. The number of anilines is 3. The number of fused-ring (bicyclic) bond motifs is 3. The number of carbonyl (C=O) groups excluding carboxylic acids is 2. The third-order valence-electron chi connectivity index (χ3n) is 9.99. The molecule has 1 aliphatic heterocycles. The van der Waals surface area contributed by atoms with Crippen molar-refractivity contribution in [3.8, 4) is 11.1 Å². The highest BCUT2D eigenvalue weighted by Crippen LogP contribution is 2.53. The van der Waals surface area contributed by atoms with Crippen LogP contribution in [0.2, 0.25) is 0 Å². The molecule has 1 heterocycles. The Bertz CT molecular complexity index is 2090. The van der Waals surface area contributed by atoms with Crippen molar-refractivity contribution in [1.29, 1.82) is 0 Å². The molecule has 0 atom stereocenters. The number of hydrogen-bond acceptors (Lipinski definition) is 3. The van der Waals surface area contributed by atoms with Crippen molar-refractivity contribution in [3.05, 3.63) is 153 Å². The Labute approximate surface area is 278 Å². The third kappa shape index (κ3) is 4.97. The number of allylic oxidation sites excluding steroid dienone is 1. The Morgan fingerprint density at radius 2 is 1.26 bits per heavy atom. The molecule has 7 rings (SSSR count). The molecule has 0 N–H and O–H groups in total. The monoisotopic (exact) mass is 615 g/mol. The van der Waals surface area contributed by atoms with Gasteiger partial charge in [0.25, 0.3) is 0 Å². The van der Waals surface area contributed by atoms with E-state index in [9.17, 15) is 9.59 Å². The lowest BCUT2D eigenvalue weighted by Gasteiger charge is -2.42. The number of ketones is 2. The molecule has 5 aromatic carbocycles. The largest absolute Gasteiger partial charge is 0.310 e. The molecule has 234 valence electrons. The second kappa shape index (κ2) is 11.3. The van der Waals surface area contributed by atoms with Gasteiger partial charge in [-0.05, 0) is 106 Å². The van der Waals surface area contributed by atoms with Gasteiger partial charge in [-0.3, -0.25) is 9.59 Å². The lowest BCUT2D eigenvalue weighted by molar-refractivity contribution is 0.0990. The zero-order valence-corrected chi connectivity index (χ0v) is 28.3. The smallest absolute Gasteiger partial charge is 0.197 e. The van der Waals surface area contributed by atoms with Crippen LogP contribution in [0.1, 0.15) is 107 Å². The maximum absolute atomic E-state index is 13.4. The highest BCUT2D eigenvalue weighted by Gasteiger charge is 2.38. The van der Waals surface area contributed by atoms with Crippen molar-refractivity contribution in [1.82, 2.24) is 0 Å². The molecule has 0 saturated heterocycles. The van der Waals surface area contributed by atoms with Crippen molar-refractivity contribution >= 4 is 34.7 Å². The summed E-state index contributed by atoms with van der Waals surface area (Å²) in [5, 5.41) is 0. The van der Waals surface area contributed by atoms with Crippen molar-refractivity contribution in [2.45, 2.75) is 65.7 Å². The summed E-state index contributed by atoms with van der Waals surface area (Å²) in [6.45, 7) is 15.6. The van der Waals surface area contributed by atoms with Gasteiger partial charge in [-0.25, -0.2) is 0 Å². The topological polar surface area (TPSA) is 37.4 Å². The van der Waals surface area contributed by atoms with E-state index in [4.69, 9.17) is 0 Å². The molecule has 0 bridgehead atoms. The number of benzene rings is 5. The summed E-state index contributed by atoms with van der Waals surface area (Å²) in [5.41, 5.74) is 13.7. The molecule has 0 unspecified atom stereocenters. The van der Waals surface area contributed by atoms with E-state index in [2.05, 4.69) is 119 Å². The van der Waals surface area contributed by atoms with Crippen LogP contribution in [-0.2, 0) is 5.41 Å². The summed E-state index contributed by atoms with van der Waals surface area (Å²) >= 11 is 0. The molecule has 0 radical (unpaired) electrons. The molecule has 0 fully saturated rings. The van der Waals surface area contributed by atoms with Gasteiger partial charge in [-0.15, -0.1) is 0 Å². The summed E-state index contributed by atoms with van der Waals surface area (Å²) in [6.07, 6.45) is 1.78. The Balaban J connectivity index is 1.42. The fourth-order valence-electron chi connectivity index (χ4n) is 7.48. The van der Waals surface area contributed by atoms with E-state index in [1.807, 2.05) is 31.2 Å². The summed E-state index contributed by atoms with van der Waals surface area (Å²) in [7, 11) is 0. The molecular formula is C44H41NO2. The van der Waals surface area contributed by atoms with Crippen LogP contribution in [0.25, 0.3) is 17.2 Å². The van der Waals surface area contributed by atoms with E-state index in [0.29, 0.717) is 23.0 Å². The minimum absolute atomic E-state index is 0.198. The summed E-state index contributed by atoms with van der Waals surface area (Å²) in [6, 6.07) is 36.0. The van der Waals surface area contributed by atoms with E-state index in [1.54, 1.807) is 12.1 Å². The Morgan fingerprint density at radius 3 is 1.91 bits per heavy atom. The lowest BCUT2D eigenvalue weighted by atomic mass is 9.72. The van der Waals surface area contributed by atoms with Gasteiger partial charge in [0.15, 0.2) is 11.6 Å². The van der Waals surface area contributed by atoms with Crippen molar-refractivity contribution < 1.29 is 9.59 Å². The maximum Gasteiger partial charge on any atom is 0.197 e. The van der Waals surface area contributed by atoms with Gasteiger partial charge in [0, 0.05) is 22.2 Å². The van der Waals surface area contributed by atoms with Crippen LogP contribution in [0.15, 0.2) is 109 Å². The van der Waals surface area contributed by atoms with Crippen LogP contribution >= 0.6 is 0 Å². The van der Waals surface area contributed by atoms with Crippen LogP contribution in [0, 0.1) is 6.92 Å². The molecular weight excluding hydrogens is 574 g/mol. The zero-order chi connectivity index (χ0) is 33.2. The maximum atomic E-state index is 13.4. The molecule has 3 nitrogen and oxygen atoms in total. The van der Waals surface area contributed by atoms with E-state index in [1.165, 1.54) is 27.8 Å². The van der Waals surface area contributed by atoms with Gasteiger partial charge in [0.2, 0.25) is 0 Å². The van der Waals surface area contributed by atoms with Crippen LogP contribution in [0.4, 0.5) is 17.1 Å². The van der Waals surface area contributed by atoms with E-state index in [0.717, 1.165) is 33.8 Å². The molecule has 5 aromatic rings. The van der Waals surface area contributed by atoms with Crippen molar-refractivity contribution in [2.75, 3.05) is 4.90 Å². The molecule has 0 amide bonds.